The molecule has 25 heavy (non-hydrogen) atoms. The average molecular weight is 341 g/mol. The third-order valence-electron chi connectivity index (χ3n) is 4.46. The maximum absolute atomic E-state index is 11.4. The molecule has 1 aliphatic rings. The molecular weight excluding hydrogens is 318 g/mol. The van der Waals surface area contributed by atoms with Gasteiger partial charge >= 0.3 is 5.97 Å². The van der Waals surface area contributed by atoms with Crippen LogP contribution in [0.1, 0.15) is 40.6 Å². The molecule has 132 valence electrons. The lowest BCUT2D eigenvalue weighted by Gasteiger charge is -2.32. The van der Waals surface area contributed by atoms with Gasteiger partial charge in [0.1, 0.15) is 5.82 Å². The second kappa shape index (κ2) is 8.07. The van der Waals surface area contributed by atoms with E-state index in [4.69, 9.17) is 4.74 Å². The lowest BCUT2D eigenvalue weighted by molar-refractivity contribution is -0.0238. The van der Waals surface area contributed by atoms with Crippen LogP contribution in [0, 0.1) is 12.8 Å². The van der Waals surface area contributed by atoms with Gasteiger partial charge in [0.05, 0.1) is 13.2 Å². The lowest BCUT2D eigenvalue weighted by Crippen LogP contribution is -2.28. The van der Waals surface area contributed by atoms with E-state index in [0.717, 1.165) is 26.0 Å². The predicted molar refractivity (Wildman–Crippen MR) is 94.5 cm³/mol. The first-order valence-electron chi connectivity index (χ1n) is 8.51. The number of nitrogens with zero attached hydrogens (tertiary/aromatic N) is 2. The molecule has 0 saturated carbocycles. The van der Waals surface area contributed by atoms with Gasteiger partial charge in [-0.05, 0) is 37.5 Å². The molecular formula is C19H23N3O3. The molecule has 6 heteroatoms. The number of anilines is 1. The summed E-state index contributed by atoms with van der Waals surface area (Å²) in [6.45, 7) is 3.62. The highest BCUT2D eigenvalue weighted by Crippen LogP contribution is 2.33. The minimum atomic E-state index is -0.487. The third-order valence-corrected chi connectivity index (χ3v) is 4.46. The molecule has 1 fully saturated rings. The van der Waals surface area contributed by atoms with E-state index in [2.05, 4.69) is 51.4 Å². The van der Waals surface area contributed by atoms with E-state index in [0.29, 0.717) is 11.7 Å². The van der Waals surface area contributed by atoms with Gasteiger partial charge in [0.2, 0.25) is 0 Å². The number of benzene rings is 1. The summed E-state index contributed by atoms with van der Waals surface area (Å²) in [5.74, 6) is 0.513. The molecule has 2 atom stereocenters. The van der Waals surface area contributed by atoms with Gasteiger partial charge in [0, 0.05) is 19.1 Å². The van der Waals surface area contributed by atoms with Gasteiger partial charge < -0.3 is 14.8 Å². The Hall–Kier alpha value is -2.47. The van der Waals surface area contributed by atoms with Crippen molar-refractivity contribution in [2.24, 2.45) is 5.92 Å². The molecule has 3 rings (SSSR count). The minimum Gasteiger partial charge on any atom is -0.464 e. The Morgan fingerprint density at radius 3 is 2.72 bits per heavy atom. The summed E-state index contributed by atoms with van der Waals surface area (Å²) < 4.78 is 10.7. The zero-order chi connectivity index (χ0) is 17.6. The van der Waals surface area contributed by atoms with Crippen LogP contribution < -0.4 is 5.32 Å². The predicted octanol–water partition coefficient (Wildman–Crippen LogP) is 3.15. The fourth-order valence-corrected chi connectivity index (χ4v) is 3.05. The number of nitrogens with one attached hydrogen (secondary N) is 1. The Morgan fingerprint density at radius 1 is 1.24 bits per heavy atom. The van der Waals surface area contributed by atoms with Gasteiger partial charge in [-0.25, -0.2) is 4.79 Å². The lowest BCUT2D eigenvalue weighted by atomic mass is 9.89. The first-order chi connectivity index (χ1) is 12.2. The first-order valence-corrected chi connectivity index (χ1v) is 8.51. The standard InChI is InChI=1S/C19H23N3O3/c1-13-5-7-14(8-6-13)18-15(4-3-11-25-18)12-20-17-10-9-16(21-22-17)19(23)24-2/h5-10,15,18H,3-4,11-12H2,1-2H3,(H,20,22). The molecule has 0 bridgehead atoms. The van der Waals surface area contributed by atoms with Crippen molar-refractivity contribution in [2.75, 3.05) is 25.6 Å². The molecule has 1 aromatic heterocycles. The molecule has 1 aromatic carbocycles. The normalized spacial score (nSPS) is 20.1. The van der Waals surface area contributed by atoms with E-state index in [9.17, 15) is 4.79 Å². The molecule has 6 nitrogen and oxygen atoms in total. The third kappa shape index (κ3) is 4.33. The summed E-state index contributed by atoms with van der Waals surface area (Å²) in [4.78, 5) is 11.4. The van der Waals surface area contributed by atoms with Gasteiger partial charge in [-0.3, -0.25) is 0 Å². The zero-order valence-corrected chi connectivity index (χ0v) is 14.6. The van der Waals surface area contributed by atoms with E-state index in [1.54, 1.807) is 12.1 Å². The number of hydrogen-bond donors (Lipinski definition) is 1. The highest BCUT2D eigenvalue weighted by atomic mass is 16.5. The van der Waals surface area contributed by atoms with E-state index in [1.807, 2.05) is 0 Å². The first kappa shape index (κ1) is 17.4. The largest absolute Gasteiger partial charge is 0.464 e. The molecule has 0 aliphatic carbocycles. The van der Waals surface area contributed by atoms with Crippen LogP contribution in [-0.2, 0) is 9.47 Å². The van der Waals surface area contributed by atoms with Crippen molar-refractivity contribution in [3.63, 3.8) is 0 Å². The second-order valence-corrected chi connectivity index (χ2v) is 6.28. The van der Waals surface area contributed by atoms with Crippen LogP contribution in [0.3, 0.4) is 0 Å². The van der Waals surface area contributed by atoms with Crippen molar-refractivity contribution in [1.82, 2.24) is 10.2 Å². The molecule has 0 spiro atoms. The minimum absolute atomic E-state index is 0.0872. The van der Waals surface area contributed by atoms with Crippen LogP contribution in [0.25, 0.3) is 0 Å². The summed E-state index contributed by atoms with van der Waals surface area (Å²) in [7, 11) is 1.32. The fraction of sp³-hybridized carbons (Fsp3) is 0.421. The number of hydrogen-bond acceptors (Lipinski definition) is 6. The van der Waals surface area contributed by atoms with Crippen molar-refractivity contribution >= 4 is 11.8 Å². The maximum Gasteiger partial charge on any atom is 0.358 e. The quantitative estimate of drug-likeness (QED) is 0.842. The highest BCUT2D eigenvalue weighted by molar-refractivity contribution is 5.86. The van der Waals surface area contributed by atoms with Crippen molar-refractivity contribution in [3.8, 4) is 0 Å². The molecule has 0 amide bonds. The number of methoxy groups -OCH3 is 1. The van der Waals surface area contributed by atoms with Gasteiger partial charge in [0.15, 0.2) is 5.69 Å². The van der Waals surface area contributed by atoms with Gasteiger partial charge in [-0.15, -0.1) is 10.2 Å². The number of esters is 1. The molecule has 2 heterocycles. The summed E-state index contributed by atoms with van der Waals surface area (Å²) in [5, 5.41) is 11.2. The Labute approximate surface area is 147 Å². The second-order valence-electron chi connectivity index (χ2n) is 6.28. The zero-order valence-electron chi connectivity index (χ0n) is 14.6. The summed E-state index contributed by atoms with van der Waals surface area (Å²) in [5.41, 5.74) is 2.66. The fourth-order valence-electron chi connectivity index (χ4n) is 3.05. The molecule has 0 radical (unpaired) electrons. The topological polar surface area (TPSA) is 73.3 Å². The molecule has 1 saturated heterocycles. The van der Waals surface area contributed by atoms with Crippen LogP contribution in [0.15, 0.2) is 36.4 Å². The molecule has 1 aliphatic heterocycles. The van der Waals surface area contributed by atoms with E-state index in [-0.39, 0.29) is 11.8 Å². The van der Waals surface area contributed by atoms with Crippen LogP contribution in [0.2, 0.25) is 0 Å². The van der Waals surface area contributed by atoms with Gasteiger partial charge in [-0.1, -0.05) is 29.8 Å². The summed E-state index contributed by atoms with van der Waals surface area (Å²) >= 11 is 0. The number of rotatable bonds is 5. The Kier molecular flexibility index (Phi) is 5.60. The average Bonchev–Trinajstić information content (AvgIpc) is 2.67. The highest BCUT2D eigenvalue weighted by Gasteiger charge is 2.27. The SMILES string of the molecule is COC(=O)c1ccc(NCC2CCCOC2c2ccc(C)cc2)nn1. The number of carbonyl (C=O) groups excluding carboxylic acids is 1. The molecule has 2 aromatic rings. The van der Waals surface area contributed by atoms with E-state index < -0.39 is 5.97 Å². The van der Waals surface area contributed by atoms with Crippen LogP contribution in [-0.4, -0.2) is 36.4 Å². The Bertz CT molecular complexity index is 701. The Morgan fingerprint density at radius 2 is 2.04 bits per heavy atom. The molecule has 1 N–H and O–H groups in total. The summed E-state index contributed by atoms with van der Waals surface area (Å²) in [6.07, 6.45) is 2.24. The van der Waals surface area contributed by atoms with Crippen molar-refractivity contribution in [1.29, 1.82) is 0 Å². The van der Waals surface area contributed by atoms with E-state index >= 15 is 0 Å². The van der Waals surface area contributed by atoms with Crippen LogP contribution in [0.5, 0.6) is 0 Å². The van der Waals surface area contributed by atoms with Crippen LogP contribution in [0.4, 0.5) is 5.82 Å². The Balaban J connectivity index is 1.64. The van der Waals surface area contributed by atoms with Crippen molar-refractivity contribution < 1.29 is 14.3 Å². The maximum atomic E-state index is 11.4. The van der Waals surface area contributed by atoms with Crippen molar-refractivity contribution in [3.05, 3.63) is 53.2 Å². The van der Waals surface area contributed by atoms with Crippen LogP contribution >= 0.6 is 0 Å². The number of carbonyl (C=O) groups is 1. The number of aromatic nitrogens is 2. The van der Waals surface area contributed by atoms with Gasteiger partial charge in [0.25, 0.3) is 0 Å². The summed E-state index contributed by atoms with van der Waals surface area (Å²) in [6, 6.07) is 11.9. The van der Waals surface area contributed by atoms with Gasteiger partial charge in [-0.2, -0.15) is 0 Å². The number of aryl methyl sites for hydroxylation is 1. The van der Waals surface area contributed by atoms with Crippen molar-refractivity contribution in [2.45, 2.75) is 25.9 Å². The number of ether oxygens (including phenoxy) is 2. The van der Waals surface area contributed by atoms with E-state index in [1.165, 1.54) is 18.2 Å². The smallest absolute Gasteiger partial charge is 0.358 e. The monoisotopic (exact) mass is 341 g/mol. The molecule has 2 unspecified atom stereocenters.